The van der Waals surface area contributed by atoms with E-state index >= 15 is 0 Å². The molecule has 0 unspecified atom stereocenters. The molecule has 0 aliphatic carbocycles. The summed E-state index contributed by atoms with van der Waals surface area (Å²) in [4.78, 5) is 0. The van der Waals surface area contributed by atoms with Gasteiger partial charge in [0.15, 0.2) is 0 Å². The fourth-order valence-electron chi connectivity index (χ4n) is 1.60. The van der Waals surface area contributed by atoms with E-state index in [0.717, 1.165) is 12.1 Å². The van der Waals surface area contributed by atoms with Crippen LogP contribution in [0.2, 0.25) is 0 Å². The molecule has 15 heavy (non-hydrogen) atoms. The van der Waals surface area contributed by atoms with Crippen LogP contribution in [0, 0.1) is 13.8 Å². The molecule has 0 fully saturated rings. The lowest BCUT2D eigenvalue weighted by Crippen LogP contribution is -2.01. The highest BCUT2D eigenvalue weighted by molar-refractivity contribution is 5.56. The molecule has 0 aliphatic heterocycles. The molecule has 1 aromatic heterocycles. The van der Waals surface area contributed by atoms with E-state index < -0.39 is 0 Å². The van der Waals surface area contributed by atoms with Gasteiger partial charge in [-0.15, -0.1) is 0 Å². The minimum absolute atomic E-state index is 0.745. The minimum atomic E-state index is 0.745. The van der Waals surface area contributed by atoms with Crippen molar-refractivity contribution in [2.45, 2.75) is 20.4 Å². The van der Waals surface area contributed by atoms with E-state index in [9.17, 15) is 0 Å². The number of anilines is 1. The summed E-state index contributed by atoms with van der Waals surface area (Å²) < 4.78 is 4.77. The molecule has 78 valence electrons. The lowest BCUT2D eigenvalue weighted by molar-refractivity contribution is 0.419. The zero-order valence-corrected chi connectivity index (χ0v) is 8.95. The molecule has 0 saturated carbocycles. The Hall–Kier alpha value is -1.77. The van der Waals surface area contributed by atoms with Gasteiger partial charge in [0, 0.05) is 17.8 Å². The highest BCUT2D eigenvalue weighted by atomic mass is 16.5. The number of nitrogens with one attached hydrogen (secondary N) is 1. The van der Waals surface area contributed by atoms with Crippen molar-refractivity contribution < 1.29 is 4.52 Å². The van der Waals surface area contributed by atoms with Crippen molar-refractivity contribution in [3.63, 3.8) is 0 Å². The molecule has 3 nitrogen and oxygen atoms in total. The van der Waals surface area contributed by atoms with Crippen LogP contribution in [0.4, 0.5) is 5.69 Å². The first-order valence-corrected chi connectivity index (χ1v) is 4.95. The molecule has 1 heterocycles. The molecular formula is C12H14N2O. The van der Waals surface area contributed by atoms with Crippen molar-refractivity contribution in [2.75, 3.05) is 5.32 Å². The molecule has 2 aromatic rings. The van der Waals surface area contributed by atoms with Crippen LogP contribution in [0.5, 0.6) is 0 Å². The van der Waals surface area contributed by atoms with Crippen molar-refractivity contribution in [1.29, 1.82) is 0 Å². The van der Waals surface area contributed by atoms with E-state index in [1.165, 1.54) is 16.8 Å². The van der Waals surface area contributed by atoms with E-state index in [-0.39, 0.29) is 0 Å². The van der Waals surface area contributed by atoms with Crippen LogP contribution in [0.25, 0.3) is 0 Å². The topological polar surface area (TPSA) is 38.1 Å². The fraction of sp³-hybridized carbons (Fsp3) is 0.250. The van der Waals surface area contributed by atoms with Gasteiger partial charge in [-0.2, -0.15) is 0 Å². The van der Waals surface area contributed by atoms with Gasteiger partial charge < -0.3 is 9.84 Å². The van der Waals surface area contributed by atoms with Crippen LogP contribution in [0.3, 0.4) is 0 Å². The Morgan fingerprint density at radius 2 is 2.00 bits per heavy atom. The Morgan fingerprint density at radius 1 is 1.27 bits per heavy atom. The highest BCUT2D eigenvalue weighted by Gasteiger charge is 2.01. The summed E-state index contributed by atoms with van der Waals surface area (Å²) in [5.74, 6) is 0. The van der Waals surface area contributed by atoms with Crippen LogP contribution in [0.1, 0.15) is 16.7 Å². The maximum absolute atomic E-state index is 4.77. The Bertz CT molecular complexity index is 415. The number of benzene rings is 1. The summed E-state index contributed by atoms with van der Waals surface area (Å²) in [6.45, 7) is 4.95. The molecule has 0 atom stereocenters. The van der Waals surface area contributed by atoms with Crippen LogP contribution in [-0.2, 0) is 6.54 Å². The second-order valence-corrected chi connectivity index (χ2v) is 3.65. The van der Waals surface area contributed by atoms with Crippen molar-refractivity contribution in [3.8, 4) is 0 Å². The average Bonchev–Trinajstić information content (AvgIpc) is 2.70. The molecule has 1 aromatic carbocycles. The monoisotopic (exact) mass is 202 g/mol. The number of rotatable bonds is 3. The average molecular weight is 202 g/mol. The number of hydrogen-bond acceptors (Lipinski definition) is 3. The van der Waals surface area contributed by atoms with E-state index in [4.69, 9.17) is 4.52 Å². The van der Waals surface area contributed by atoms with Gasteiger partial charge in [-0.05, 0) is 25.0 Å². The largest absolute Gasteiger partial charge is 0.380 e. The molecule has 3 heteroatoms. The quantitative estimate of drug-likeness (QED) is 0.831. The smallest absolute Gasteiger partial charge is 0.128 e. The molecule has 0 bridgehead atoms. The molecule has 0 aliphatic rings. The molecule has 0 radical (unpaired) electrons. The third-order valence-corrected chi connectivity index (χ3v) is 2.43. The fourth-order valence-corrected chi connectivity index (χ4v) is 1.60. The summed E-state index contributed by atoms with van der Waals surface area (Å²) in [7, 11) is 0. The summed E-state index contributed by atoms with van der Waals surface area (Å²) in [6, 6.07) is 6.27. The summed E-state index contributed by atoms with van der Waals surface area (Å²) >= 11 is 0. The third-order valence-electron chi connectivity index (χ3n) is 2.43. The van der Waals surface area contributed by atoms with E-state index in [0.29, 0.717) is 0 Å². The normalized spacial score (nSPS) is 10.3. The maximum Gasteiger partial charge on any atom is 0.128 e. The van der Waals surface area contributed by atoms with E-state index in [1.54, 1.807) is 12.5 Å². The van der Waals surface area contributed by atoms with E-state index in [1.807, 2.05) is 0 Å². The standard InChI is InChI=1S/C12H14N2O/c1-9-4-3-5-10(2)12(9)13-6-11-7-14-15-8-11/h3-5,7-8,13H,6H2,1-2H3. The van der Waals surface area contributed by atoms with Gasteiger partial charge in [0.05, 0.1) is 6.20 Å². The van der Waals surface area contributed by atoms with Crippen molar-refractivity contribution in [1.82, 2.24) is 5.16 Å². The van der Waals surface area contributed by atoms with Crippen LogP contribution in [-0.4, -0.2) is 5.16 Å². The summed E-state index contributed by atoms with van der Waals surface area (Å²) in [6.07, 6.45) is 3.38. The number of aryl methyl sites for hydroxylation is 2. The Kier molecular flexibility index (Phi) is 2.72. The van der Waals surface area contributed by atoms with Crippen LogP contribution < -0.4 is 5.32 Å². The SMILES string of the molecule is Cc1cccc(C)c1NCc1cnoc1. The van der Waals surface area contributed by atoms with Crippen molar-refractivity contribution >= 4 is 5.69 Å². The number of para-hydroxylation sites is 1. The van der Waals surface area contributed by atoms with Gasteiger partial charge in [0.1, 0.15) is 6.26 Å². The Labute approximate surface area is 89.1 Å². The lowest BCUT2D eigenvalue weighted by atomic mass is 10.1. The van der Waals surface area contributed by atoms with Crippen molar-refractivity contribution in [2.24, 2.45) is 0 Å². The predicted molar refractivity (Wildman–Crippen MR) is 59.7 cm³/mol. The second-order valence-electron chi connectivity index (χ2n) is 3.65. The van der Waals surface area contributed by atoms with Gasteiger partial charge in [0.25, 0.3) is 0 Å². The van der Waals surface area contributed by atoms with E-state index in [2.05, 4.69) is 42.5 Å². The Balaban J connectivity index is 2.11. The zero-order chi connectivity index (χ0) is 10.7. The molecule has 1 N–H and O–H groups in total. The molecule has 2 rings (SSSR count). The van der Waals surface area contributed by atoms with Gasteiger partial charge in [0.2, 0.25) is 0 Å². The molecular weight excluding hydrogens is 188 g/mol. The van der Waals surface area contributed by atoms with Gasteiger partial charge in [-0.3, -0.25) is 0 Å². The van der Waals surface area contributed by atoms with Gasteiger partial charge in [-0.25, -0.2) is 0 Å². The van der Waals surface area contributed by atoms with Crippen molar-refractivity contribution in [3.05, 3.63) is 47.3 Å². The first kappa shape index (κ1) is 9.77. The first-order valence-electron chi connectivity index (χ1n) is 4.95. The van der Waals surface area contributed by atoms with Gasteiger partial charge in [-0.1, -0.05) is 23.4 Å². The lowest BCUT2D eigenvalue weighted by Gasteiger charge is -2.11. The first-order chi connectivity index (χ1) is 7.27. The predicted octanol–water partition coefficient (Wildman–Crippen LogP) is 2.90. The van der Waals surface area contributed by atoms with Crippen LogP contribution >= 0.6 is 0 Å². The molecule has 0 saturated heterocycles. The second kappa shape index (κ2) is 4.17. The molecule has 0 spiro atoms. The van der Waals surface area contributed by atoms with Gasteiger partial charge >= 0.3 is 0 Å². The maximum atomic E-state index is 4.77. The molecule has 0 amide bonds. The number of nitrogens with zero attached hydrogens (tertiary/aromatic N) is 1. The highest BCUT2D eigenvalue weighted by Crippen LogP contribution is 2.19. The van der Waals surface area contributed by atoms with Crippen LogP contribution in [0.15, 0.2) is 35.2 Å². The Morgan fingerprint density at radius 3 is 2.60 bits per heavy atom. The summed E-state index contributed by atoms with van der Waals surface area (Å²) in [5, 5.41) is 7.05. The third kappa shape index (κ3) is 2.18. The summed E-state index contributed by atoms with van der Waals surface area (Å²) in [5.41, 5.74) is 4.76. The zero-order valence-electron chi connectivity index (χ0n) is 8.95. The number of hydrogen-bond donors (Lipinski definition) is 1. The number of aromatic nitrogens is 1. The minimum Gasteiger partial charge on any atom is -0.380 e.